The van der Waals surface area contributed by atoms with E-state index in [-0.39, 0.29) is 6.03 Å². The van der Waals surface area contributed by atoms with E-state index >= 15 is 0 Å². The lowest BCUT2D eigenvalue weighted by atomic mass is 10.1. The monoisotopic (exact) mass is 273 g/mol. The third-order valence-electron chi connectivity index (χ3n) is 3.04. The molecule has 4 N–H and O–H groups in total. The minimum Gasteiger partial charge on any atom is -0.334 e. The van der Waals surface area contributed by atoms with Gasteiger partial charge in [-0.1, -0.05) is 24.3 Å². The Kier molecular flexibility index (Phi) is 4.37. The van der Waals surface area contributed by atoms with E-state index in [9.17, 15) is 4.79 Å². The van der Waals surface area contributed by atoms with Crippen molar-refractivity contribution < 1.29 is 4.79 Å². The molecule has 0 spiro atoms. The Bertz CT molecular complexity index is 586. The number of hydrogen-bond acceptors (Lipinski definition) is 3. The number of carbonyl (C=O) groups excluding carboxylic acids is 1. The molecule has 0 saturated heterocycles. The quantitative estimate of drug-likeness (QED) is 0.789. The average Bonchev–Trinajstić information content (AvgIpc) is 2.75. The van der Waals surface area contributed by atoms with E-state index in [1.165, 1.54) is 0 Å². The third kappa shape index (κ3) is 3.58. The Balaban J connectivity index is 1.88. The molecule has 0 radical (unpaired) electrons. The number of hydrogen-bond donors (Lipinski definition) is 3. The first kappa shape index (κ1) is 14.1. The van der Waals surface area contributed by atoms with Gasteiger partial charge in [-0.3, -0.25) is 10.00 Å². The predicted molar refractivity (Wildman–Crippen MR) is 78.1 cm³/mol. The lowest BCUT2D eigenvalue weighted by Gasteiger charge is -2.07. The Morgan fingerprint density at radius 2 is 2.10 bits per heavy atom. The van der Waals surface area contributed by atoms with Crippen molar-refractivity contribution >= 4 is 11.8 Å². The highest BCUT2D eigenvalue weighted by molar-refractivity contribution is 5.88. The number of aromatic nitrogens is 2. The number of aryl methyl sites for hydroxylation is 2. The van der Waals surface area contributed by atoms with E-state index in [2.05, 4.69) is 15.7 Å². The summed E-state index contributed by atoms with van der Waals surface area (Å²) in [7, 11) is 1.83. The summed E-state index contributed by atoms with van der Waals surface area (Å²) < 4.78 is 1.71. The summed E-state index contributed by atoms with van der Waals surface area (Å²) in [5.41, 5.74) is 8.63. The molecule has 0 aliphatic rings. The molecular formula is C14H19N5O. The van der Waals surface area contributed by atoms with Gasteiger partial charge in [0.2, 0.25) is 0 Å². The lowest BCUT2D eigenvalue weighted by molar-refractivity contribution is 0.251. The highest BCUT2D eigenvalue weighted by Gasteiger charge is 2.05. The van der Waals surface area contributed by atoms with Gasteiger partial charge >= 0.3 is 6.03 Å². The van der Waals surface area contributed by atoms with Crippen molar-refractivity contribution in [3.63, 3.8) is 0 Å². The van der Waals surface area contributed by atoms with Crippen LogP contribution < -0.4 is 16.4 Å². The smallest absolute Gasteiger partial charge is 0.320 e. The van der Waals surface area contributed by atoms with Crippen molar-refractivity contribution in [3.8, 4) is 0 Å². The fraction of sp³-hybridized carbons (Fsp3) is 0.286. The Labute approximate surface area is 118 Å². The van der Waals surface area contributed by atoms with Gasteiger partial charge in [0.25, 0.3) is 0 Å². The molecule has 0 aliphatic carbocycles. The molecule has 6 nitrogen and oxygen atoms in total. The van der Waals surface area contributed by atoms with Crippen LogP contribution in [0.25, 0.3) is 0 Å². The van der Waals surface area contributed by atoms with E-state index in [1.54, 1.807) is 4.68 Å². The molecule has 1 aromatic carbocycles. The normalized spacial score (nSPS) is 10.3. The topological polar surface area (TPSA) is 85.0 Å². The summed E-state index contributed by atoms with van der Waals surface area (Å²) in [6.07, 6.45) is 0. The van der Waals surface area contributed by atoms with Crippen molar-refractivity contribution in [1.29, 1.82) is 0 Å². The zero-order valence-electron chi connectivity index (χ0n) is 11.7. The van der Waals surface area contributed by atoms with E-state index in [4.69, 9.17) is 5.73 Å². The van der Waals surface area contributed by atoms with Gasteiger partial charge in [-0.05, 0) is 18.1 Å². The molecule has 0 unspecified atom stereocenters. The number of benzene rings is 1. The van der Waals surface area contributed by atoms with Gasteiger partial charge in [0.05, 0.1) is 0 Å². The zero-order chi connectivity index (χ0) is 14.5. The minimum absolute atomic E-state index is 0.277. The van der Waals surface area contributed by atoms with E-state index in [0.29, 0.717) is 18.9 Å². The molecule has 1 heterocycles. The molecule has 2 amide bonds. The van der Waals surface area contributed by atoms with Crippen LogP contribution in [0.2, 0.25) is 0 Å². The summed E-state index contributed by atoms with van der Waals surface area (Å²) in [4.78, 5) is 11.8. The second-order valence-corrected chi connectivity index (χ2v) is 4.63. The molecular weight excluding hydrogens is 254 g/mol. The number of carbonyl (C=O) groups is 1. The van der Waals surface area contributed by atoms with E-state index in [0.717, 1.165) is 16.8 Å². The first-order chi connectivity index (χ1) is 9.58. The molecule has 1 aromatic heterocycles. The van der Waals surface area contributed by atoms with Gasteiger partial charge < -0.3 is 11.1 Å². The van der Waals surface area contributed by atoms with Crippen LogP contribution in [0, 0.1) is 6.92 Å². The Hall–Kier alpha value is -2.34. The minimum atomic E-state index is -0.277. The van der Waals surface area contributed by atoms with Crippen LogP contribution in [-0.2, 0) is 20.1 Å². The van der Waals surface area contributed by atoms with Crippen LogP contribution in [0.15, 0.2) is 30.3 Å². The van der Waals surface area contributed by atoms with Crippen molar-refractivity contribution in [3.05, 3.63) is 47.2 Å². The van der Waals surface area contributed by atoms with Gasteiger partial charge in [0, 0.05) is 31.9 Å². The number of amides is 2. The van der Waals surface area contributed by atoms with Gasteiger partial charge in [-0.15, -0.1) is 0 Å². The van der Waals surface area contributed by atoms with Crippen LogP contribution >= 0.6 is 0 Å². The summed E-state index contributed by atoms with van der Waals surface area (Å²) in [5, 5.41) is 9.64. The van der Waals surface area contributed by atoms with Gasteiger partial charge in [0.1, 0.15) is 0 Å². The number of urea groups is 1. The van der Waals surface area contributed by atoms with Crippen LogP contribution in [0.1, 0.15) is 16.8 Å². The fourth-order valence-electron chi connectivity index (χ4n) is 1.83. The van der Waals surface area contributed by atoms with Crippen molar-refractivity contribution in [2.24, 2.45) is 12.8 Å². The number of rotatable bonds is 4. The van der Waals surface area contributed by atoms with Crippen LogP contribution in [0.3, 0.4) is 0 Å². The molecule has 2 rings (SSSR count). The predicted octanol–water partition coefficient (Wildman–Crippen LogP) is 1.51. The molecule has 6 heteroatoms. The second-order valence-electron chi connectivity index (χ2n) is 4.63. The number of nitrogens with zero attached hydrogens (tertiary/aromatic N) is 2. The maximum absolute atomic E-state index is 11.8. The highest BCUT2D eigenvalue weighted by atomic mass is 16.2. The fourth-order valence-corrected chi connectivity index (χ4v) is 1.83. The Morgan fingerprint density at radius 1 is 1.35 bits per heavy atom. The van der Waals surface area contributed by atoms with Crippen LogP contribution in [-0.4, -0.2) is 15.8 Å². The van der Waals surface area contributed by atoms with Gasteiger partial charge in [-0.2, -0.15) is 5.10 Å². The number of anilines is 1. The highest BCUT2D eigenvalue weighted by Crippen LogP contribution is 2.07. The lowest BCUT2D eigenvalue weighted by Crippen LogP contribution is -2.28. The Morgan fingerprint density at radius 3 is 2.75 bits per heavy atom. The van der Waals surface area contributed by atoms with Gasteiger partial charge in [-0.25, -0.2) is 4.79 Å². The first-order valence-corrected chi connectivity index (χ1v) is 6.42. The largest absolute Gasteiger partial charge is 0.334 e. The average molecular weight is 273 g/mol. The zero-order valence-corrected chi connectivity index (χ0v) is 11.7. The van der Waals surface area contributed by atoms with Crippen molar-refractivity contribution in [1.82, 2.24) is 15.1 Å². The molecule has 0 atom stereocenters. The maximum atomic E-state index is 11.8. The van der Waals surface area contributed by atoms with E-state index < -0.39 is 0 Å². The standard InChI is InChI=1S/C14H19N5O/c1-10-6-13(18-19(10)2)17-14(20)16-9-12-5-3-4-11(7-12)8-15/h3-7H,8-9,15H2,1-2H3,(H2,16,17,18,20). The van der Waals surface area contributed by atoms with Crippen molar-refractivity contribution in [2.75, 3.05) is 5.32 Å². The summed E-state index contributed by atoms with van der Waals surface area (Å²) >= 11 is 0. The van der Waals surface area contributed by atoms with E-state index in [1.807, 2.05) is 44.3 Å². The number of nitrogens with one attached hydrogen (secondary N) is 2. The summed E-state index contributed by atoms with van der Waals surface area (Å²) in [6.45, 7) is 2.87. The third-order valence-corrected chi connectivity index (χ3v) is 3.04. The summed E-state index contributed by atoms with van der Waals surface area (Å²) in [5.74, 6) is 0.540. The van der Waals surface area contributed by atoms with Crippen LogP contribution in [0.4, 0.5) is 10.6 Å². The molecule has 106 valence electrons. The molecule has 0 aliphatic heterocycles. The second kappa shape index (κ2) is 6.21. The molecule has 0 fully saturated rings. The number of nitrogens with two attached hydrogens (primary N) is 1. The molecule has 0 saturated carbocycles. The molecule has 2 aromatic rings. The SMILES string of the molecule is Cc1cc(NC(=O)NCc2cccc(CN)c2)nn1C. The van der Waals surface area contributed by atoms with Crippen molar-refractivity contribution in [2.45, 2.75) is 20.0 Å². The first-order valence-electron chi connectivity index (χ1n) is 6.42. The maximum Gasteiger partial charge on any atom is 0.320 e. The van der Waals surface area contributed by atoms with Crippen LogP contribution in [0.5, 0.6) is 0 Å². The van der Waals surface area contributed by atoms with Gasteiger partial charge in [0.15, 0.2) is 5.82 Å². The summed E-state index contributed by atoms with van der Waals surface area (Å²) in [6, 6.07) is 9.35. The molecule has 20 heavy (non-hydrogen) atoms. The molecule has 0 bridgehead atoms.